The maximum absolute atomic E-state index is 10.9. The van der Waals surface area contributed by atoms with Crippen LogP contribution in [0.3, 0.4) is 0 Å². The minimum Gasteiger partial charge on any atom is -0.480 e. The first-order valence-corrected chi connectivity index (χ1v) is 4.72. The molecule has 0 radical (unpaired) electrons. The van der Waals surface area contributed by atoms with Crippen molar-refractivity contribution >= 4 is 24.2 Å². The number of carboxylic acids is 3. The number of carboxylic acid groups (broad SMARTS) is 3. The van der Waals surface area contributed by atoms with Crippen LogP contribution in [0.2, 0.25) is 0 Å². The van der Waals surface area contributed by atoms with Crippen LogP contribution in [0.25, 0.3) is 0 Å². The third-order valence-electron chi connectivity index (χ3n) is 1.96. The van der Waals surface area contributed by atoms with Crippen LogP contribution >= 0.6 is 0 Å². The Morgan fingerprint density at radius 1 is 1.06 bits per heavy atom. The fraction of sp³-hybridized carbons (Fsp3) is 0.556. The number of aldehydes is 1. The van der Waals surface area contributed by atoms with Gasteiger partial charge in [-0.3, -0.25) is 19.3 Å². The van der Waals surface area contributed by atoms with Crippen LogP contribution < -0.4 is 0 Å². The summed E-state index contributed by atoms with van der Waals surface area (Å²) in [6, 6.07) is -1.30. The Bertz CT molecular complexity index is 298. The van der Waals surface area contributed by atoms with E-state index in [4.69, 9.17) is 15.3 Å². The summed E-state index contributed by atoms with van der Waals surface area (Å²) in [5, 5.41) is 26.0. The summed E-state index contributed by atoms with van der Waals surface area (Å²) in [5.74, 6) is -4.01. The second-order valence-corrected chi connectivity index (χ2v) is 3.29. The number of hydrogen-bond acceptors (Lipinski definition) is 5. The summed E-state index contributed by atoms with van der Waals surface area (Å²) in [6.45, 7) is -1.41. The van der Waals surface area contributed by atoms with Gasteiger partial charge in [0.05, 0.1) is 13.1 Å². The predicted molar refractivity (Wildman–Crippen MR) is 53.6 cm³/mol. The number of carbonyl (C=O) groups is 4. The lowest BCUT2D eigenvalue weighted by Gasteiger charge is -2.24. The zero-order valence-electron chi connectivity index (χ0n) is 8.90. The zero-order chi connectivity index (χ0) is 13.4. The van der Waals surface area contributed by atoms with E-state index in [1.807, 2.05) is 0 Å². The van der Waals surface area contributed by atoms with Crippen LogP contribution in [0.15, 0.2) is 0 Å². The van der Waals surface area contributed by atoms with Crippen molar-refractivity contribution in [2.24, 2.45) is 0 Å². The van der Waals surface area contributed by atoms with Gasteiger partial charge in [-0.15, -0.1) is 0 Å². The van der Waals surface area contributed by atoms with Gasteiger partial charge in [0.25, 0.3) is 0 Å². The molecule has 8 nitrogen and oxygen atoms in total. The van der Waals surface area contributed by atoms with Crippen molar-refractivity contribution in [2.75, 3.05) is 13.1 Å². The summed E-state index contributed by atoms with van der Waals surface area (Å²) >= 11 is 0. The Balaban J connectivity index is 4.77. The molecule has 0 heterocycles. The molecule has 0 bridgehead atoms. The van der Waals surface area contributed by atoms with E-state index in [0.717, 1.165) is 4.90 Å². The first kappa shape index (κ1) is 15.0. The van der Waals surface area contributed by atoms with E-state index >= 15 is 0 Å². The molecule has 0 aromatic rings. The molecule has 0 aromatic carbocycles. The fourth-order valence-corrected chi connectivity index (χ4v) is 1.31. The number of hydrogen-bond donors (Lipinski definition) is 3. The minimum absolute atomic E-state index is 0.0767. The Labute approximate surface area is 96.4 Å². The lowest BCUT2D eigenvalue weighted by molar-refractivity contribution is -0.149. The van der Waals surface area contributed by atoms with E-state index < -0.39 is 37.0 Å². The number of nitrogens with zero attached hydrogens (tertiary/aromatic N) is 1. The zero-order valence-corrected chi connectivity index (χ0v) is 8.90. The standard InChI is InChI=1S/C9H13NO7/c11-3-1-2-6(9(16)17)10(4-7(12)13)5-8(14)15/h3,6H,1-2,4-5H2,(H,12,13)(H,14,15)(H,16,17). The minimum atomic E-state index is -1.35. The average molecular weight is 247 g/mol. The van der Waals surface area contributed by atoms with Gasteiger partial charge in [0.15, 0.2) is 0 Å². The highest BCUT2D eigenvalue weighted by Gasteiger charge is 2.28. The van der Waals surface area contributed by atoms with Gasteiger partial charge in [0.2, 0.25) is 0 Å². The van der Waals surface area contributed by atoms with Gasteiger partial charge in [-0.1, -0.05) is 0 Å². The van der Waals surface area contributed by atoms with E-state index in [2.05, 4.69) is 0 Å². The summed E-state index contributed by atoms with van der Waals surface area (Å²) < 4.78 is 0. The molecule has 0 aliphatic rings. The molecule has 3 N–H and O–H groups in total. The first-order valence-electron chi connectivity index (χ1n) is 4.72. The molecule has 1 atom stereocenters. The normalized spacial score (nSPS) is 12.1. The van der Waals surface area contributed by atoms with Crippen molar-refractivity contribution in [1.82, 2.24) is 4.90 Å². The smallest absolute Gasteiger partial charge is 0.320 e. The van der Waals surface area contributed by atoms with Crippen LogP contribution in [-0.2, 0) is 19.2 Å². The second-order valence-electron chi connectivity index (χ2n) is 3.29. The molecule has 0 aliphatic heterocycles. The first-order chi connectivity index (χ1) is 7.88. The highest BCUT2D eigenvalue weighted by Crippen LogP contribution is 2.07. The van der Waals surface area contributed by atoms with Gasteiger partial charge in [-0.2, -0.15) is 0 Å². The Morgan fingerprint density at radius 3 is 1.82 bits per heavy atom. The fourth-order valence-electron chi connectivity index (χ4n) is 1.31. The van der Waals surface area contributed by atoms with Gasteiger partial charge in [0.1, 0.15) is 12.3 Å². The van der Waals surface area contributed by atoms with E-state index in [1.165, 1.54) is 0 Å². The van der Waals surface area contributed by atoms with Crippen LogP contribution in [0, 0.1) is 0 Å². The average Bonchev–Trinajstić information content (AvgIpc) is 2.15. The summed E-state index contributed by atoms with van der Waals surface area (Å²) in [4.78, 5) is 42.8. The molecular formula is C9H13NO7. The molecule has 0 spiro atoms. The molecule has 0 saturated heterocycles. The van der Waals surface area contributed by atoms with Gasteiger partial charge in [-0.25, -0.2) is 0 Å². The maximum atomic E-state index is 10.9. The van der Waals surface area contributed by atoms with E-state index in [1.54, 1.807) is 0 Å². The highest BCUT2D eigenvalue weighted by molar-refractivity contribution is 5.78. The van der Waals surface area contributed by atoms with Gasteiger partial charge < -0.3 is 20.1 Å². The highest BCUT2D eigenvalue weighted by atomic mass is 16.4. The second kappa shape index (κ2) is 7.34. The van der Waals surface area contributed by atoms with E-state index in [-0.39, 0.29) is 12.8 Å². The van der Waals surface area contributed by atoms with E-state index in [9.17, 15) is 19.2 Å². The molecule has 0 amide bonds. The molecule has 0 saturated carbocycles. The Hall–Kier alpha value is -1.96. The van der Waals surface area contributed by atoms with Crippen molar-refractivity contribution < 1.29 is 34.5 Å². The quantitative estimate of drug-likeness (QED) is 0.437. The number of rotatable bonds is 9. The third-order valence-corrected chi connectivity index (χ3v) is 1.96. The van der Waals surface area contributed by atoms with Gasteiger partial charge in [-0.05, 0) is 6.42 Å². The van der Waals surface area contributed by atoms with E-state index in [0.29, 0.717) is 6.29 Å². The number of aliphatic carboxylic acids is 3. The largest absolute Gasteiger partial charge is 0.480 e. The molecule has 0 fully saturated rings. The van der Waals surface area contributed by atoms with Crippen molar-refractivity contribution in [2.45, 2.75) is 18.9 Å². The lowest BCUT2D eigenvalue weighted by Crippen LogP contribution is -2.46. The van der Waals surface area contributed by atoms with Crippen LogP contribution in [-0.4, -0.2) is 63.5 Å². The molecule has 1 unspecified atom stereocenters. The molecule has 8 heteroatoms. The van der Waals surface area contributed by atoms with Crippen LogP contribution in [0.5, 0.6) is 0 Å². The molecule has 0 aromatic heterocycles. The molecule has 0 rings (SSSR count). The topological polar surface area (TPSA) is 132 Å². The maximum Gasteiger partial charge on any atom is 0.320 e. The molecule has 17 heavy (non-hydrogen) atoms. The van der Waals surface area contributed by atoms with Crippen molar-refractivity contribution in [3.63, 3.8) is 0 Å². The monoisotopic (exact) mass is 247 g/mol. The summed E-state index contributed by atoms with van der Waals surface area (Å²) in [5.41, 5.74) is 0. The number of carbonyl (C=O) groups excluding carboxylic acids is 1. The molecular weight excluding hydrogens is 234 g/mol. The van der Waals surface area contributed by atoms with Crippen molar-refractivity contribution in [1.29, 1.82) is 0 Å². The third kappa shape index (κ3) is 6.25. The van der Waals surface area contributed by atoms with Gasteiger partial charge >= 0.3 is 17.9 Å². The summed E-state index contributed by atoms with van der Waals surface area (Å²) in [6.07, 6.45) is 0.293. The molecule has 0 aliphatic carbocycles. The Morgan fingerprint density at radius 2 is 1.53 bits per heavy atom. The van der Waals surface area contributed by atoms with Crippen molar-refractivity contribution in [3.8, 4) is 0 Å². The summed E-state index contributed by atoms with van der Waals surface area (Å²) in [7, 11) is 0. The lowest BCUT2D eigenvalue weighted by atomic mass is 10.1. The van der Waals surface area contributed by atoms with Crippen LogP contribution in [0.4, 0.5) is 0 Å². The van der Waals surface area contributed by atoms with Crippen molar-refractivity contribution in [3.05, 3.63) is 0 Å². The van der Waals surface area contributed by atoms with Crippen LogP contribution in [0.1, 0.15) is 12.8 Å². The SMILES string of the molecule is O=CCCC(C(=O)O)N(CC(=O)O)CC(=O)O. The predicted octanol–water partition coefficient (Wildman–Crippen LogP) is -1.11. The molecule has 96 valence electrons. The Kier molecular flexibility index (Phi) is 6.49. The van der Waals surface area contributed by atoms with Gasteiger partial charge in [0, 0.05) is 6.42 Å².